The van der Waals surface area contributed by atoms with Crippen LogP contribution in [0.2, 0.25) is 0 Å². The second-order valence-electron chi connectivity index (χ2n) is 12.4. The van der Waals surface area contributed by atoms with E-state index in [0.717, 1.165) is 94.1 Å². The molecule has 5 rings (SSSR count). The molecule has 49 heavy (non-hydrogen) atoms. The molecule has 0 saturated carbocycles. The number of rotatable bonds is 16. The van der Waals surface area contributed by atoms with Crippen LogP contribution in [0.4, 0.5) is 0 Å². The Morgan fingerprint density at radius 1 is 0.633 bits per heavy atom. The van der Waals surface area contributed by atoms with Crippen molar-refractivity contribution in [2.24, 2.45) is 0 Å². The zero-order valence-corrected chi connectivity index (χ0v) is 31.3. The molecule has 1 aliphatic rings. The first kappa shape index (κ1) is 36.5. The van der Waals surface area contributed by atoms with Gasteiger partial charge in [0, 0.05) is 9.37 Å². The molecule has 0 saturated heterocycles. The van der Waals surface area contributed by atoms with E-state index in [4.69, 9.17) is 31.6 Å². The van der Waals surface area contributed by atoms with Gasteiger partial charge >= 0.3 is 11.9 Å². The van der Waals surface area contributed by atoms with Crippen LogP contribution in [0.5, 0.6) is 11.5 Å². The van der Waals surface area contributed by atoms with E-state index < -0.39 is 17.4 Å². The molecule has 0 atom stereocenters. The van der Waals surface area contributed by atoms with Gasteiger partial charge in [0.15, 0.2) is 0 Å². The van der Waals surface area contributed by atoms with E-state index in [1.165, 1.54) is 14.2 Å². The summed E-state index contributed by atoms with van der Waals surface area (Å²) in [6.07, 6.45) is 8.41. The molecule has 1 aliphatic carbocycles. The number of halogens is 1. The number of benzene rings is 4. The molecule has 0 amide bonds. The van der Waals surface area contributed by atoms with Crippen LogP contribution in [0.25, 0.3) is 11.1 Å². The lowest BCUT2D eigenvalue weighted by Crippen LogP contribution is -2.29. The van der Waals surface area contributed by atoms with Crippen LogP contribution in [0, 0.1) is 0 Å². The highest BCUT2D eigenvalue weighted by molar-refractivity contribution is 9.10. The Morgan fingerprint density at radius 3 is 1.61 bits per heavy atom. The van der Waals surface area contributed by atoms with Crippen LogP contribution < -0.4 is 9.47 Å². The molecule has 0 radical (unpaired) electrons. The monoisotopic (exact) mass is 744 g/mol. The van der Waals surface area contributed by atoms with Crippen molar-refractivity contribution in [2.75, 3.05) is 27.4 Å². The second-order valence-corrected chi connectivity index (χ2v) is 13.8. The normalized spacial score (nSPS) is 12.6. The van der Waals surface area contributed by atoms with Gasteiger partial charge < -0.3 is 18.9 Å². The third-order valence-corrected chi connectivity index (χ3v) is 10.0. The largest absolute Gasteiger partial charge is 0.493 e. The van der Waals surface area contributed by atoms with Crippen molar-refractivity contribution < 1.29 is 28.5 Å². The highest BCUT2D eigenvalue weighted by atomic mass is 79.9. The van der Waals surface area contributed by atoms with E-state index in [9.17, 15) is 9.59 Å². The maximum atomic E-state index is 13.4. The maximum Gasteiger partial charge on any atom is 0.341 e. The molecule has 8 heteroatoms. The van der Waals surface area contributed by atoms with Crippen molar-refractivity contribution in [3.63, 3.8) is 0 Å². The van der Waals surface area contributed by atoms with Crippen molar-refractivity contribution in [1.29, 1.82) is 0 Å². The molecule has 0 N–H and O–H groups in total. The number of carbonyl (C=O) groups is 2. The van der Waals surface area contributed by atoms with Crippen molar-refractivity contribution in [2.45, 2.75) is 75.5 Å². The summed E-state index contributed by atoms with van der Waals surface area (Å²) in [4.78, 5) is 27.5. The Hall–Kier alpha value is -3.75. The third kappa shape index (κ3) is 7.56. The number of esters is 2. The molecule has 4 aromatic carbocycles. The number of thiol groups is 1. The van der Waals surface area contributed by atoms with Crippen molar-refractivity contribution in [3.8, 4) is 22.6 Å². The first-order chi connectivity index (χ1) is 23.8. The molecular weight excluding hydrogens is 700 g/mol. The number of fused-ring (bicyclic) bond motifs is 3. The van der Waals surface area contributed by atoms with Crippen molar-refractivity contribution >= 4 is 40.5 Å². The van der Waals surface area contributed by atoms with Gasteiger partial charge in [-0.3, -0.25) is 0 Å². The zero-order valence-electron chi connectivity index (χ0n) is 28.8. The molecule has 6 nitrogen and oxygen atoms in total. The van der Waals surface area contributed by atoms with Gasteiger partial charge in [0.05, 0.1) is 32.8 Å². The number of hydrogen-bond donors (Lipinski definition) is 1. The summed E-state index contributed by atoms with van der Waals surface area (Å²) < 4.78 is 23.8. The van der Waals surface area contributed by atoms with Crippen LogP contribution in [-0.4, -0.2) is 39.4 Å². The molecule has 4 aromatic rings. The summed E-state index contributed by atoms with van der Waals surface area (Å²) in [6, 6.07) is 23.8. The minimum Gasteiger partial charge on any atom is -0.493 e. The van der Waals surface area contributed by atoms with Gasteiger partial charge in [-0.25, -0.2) is 9.59 Å². The predicted octanol–water partition coefficient (Wildman–Crippen LogP) is 10.6. The first-order valence-electron chi connectivity index (χ1n) is 17.1. The topological polar surface area (TPSA) is 71.1 Å². The fourth-order valence-electron chi connectivity index (χ4n) is 6.81. The molecule has 0 aromatic heterocycles. The Bertz CT molecular complexity index is 1670. The standard InChI is InChI=1S/C41H45BrO6S/c1-5-7-9-11-21-47-37-19-13-27(23-33(37)39(43)45-3)41(35-25-29(42)15-17-31(35)32-18-16-30(49)26-36(32)41)28-14-20-38(34(24-28)40(44)46-4)48-22-12-10-8-6-2/h13-20,23-26,49H,5-12,21-22H2,1-4H3. The van der Waals surface area contributed by atoms with Crippen LogP contribution in [-0.2, 0) is 14.9 Å². The Labute approximate surface area is 304 Å². The van der Waals surface area contributed by atoms with Gasteiger partial charge in [0.2, 0.25) is 0 Å². The van der Waals surface area contributed by atoms with E-state index in [1.807, 2.05) is 48.5 Å². The predicted molar refractivity (Wildman–Crippen MR) is 201 cm³/mol. The summed E-state index contributed by atoms with van der Waals surface area (Å²) in [7, 11) is 2.76. The van der Waals surface area contributed by atoms with Crippen LogP contribution in [0.1, 0.15) is 108 Å². The third-order valence-electron chi connectivity index (χ3n) is 9.23. The Morgan fingerprint density at radius 2 is 1.12 bits per heavy atom. The fraction of sp³-hybridized carbons (Fsp3) is 0.366. The van der Waals surface area contributed by atoms with Crippen molar-refractivity contribution in [1.82, 2.24) is 0 Å². The van der Waals surface area contributed by atoms with Gasteiger partial charge in [0.25, 0.3) is 0 Å². The first-order valence-corrected chi connectivity index (χ1v) is 18.4. The summed E-state index contributed by atoms with van der Waals surface area (Å²) in [5.74, 6) is -0.0311. The van der Waals surface area contributed by atoms with Gasteiger partial charge in [-0.1, -0.05) is 92.6 Å². The van der Waals surface area contributed by atoms with Gasteiger partial charge in [0.1, 0.15) is 22.6 Å². The van der Waals surface area contributed by atoms with Gasteiger partial charge in [-0.2, -0.15) is 0 Å². The molecule has 0 aliphatic heterocycles. The fourth-order valence-corrected chi connectivity index (χ4v) is 7.38. The average molecular weight is 746 g/mol. The molecule has 0 bridgehead atoms. The molecule has 0 spiro atoms. The molecular formula is C41H45BrO6S. The SMILES string of the molecule is CCCCCCOc1ccc(C2(c3ccc(OCCCCCC)c(C(=O)OC)c3)c3cc(S)ccc3-c3ccc(Br)cc32)cc1C(=O)OC. The number of ether oxygens (including phenoxy) is 4. The lowest BCUT2D eigenvalue weighted by molar-refractivity contribution is 0.0586. The van der Waals surface area contributed by atoms with Crippen LogP contribution in [0.3, 0.4) is 0 Å². The van der Waals surface area contributed by atoms with Crippen LogP contribution in [0.15, 0.2) is 82.2 Å². The minimum atomic E-state index is -0.960. The Kier molecular flexibility index (Phi) is 12.5. The van der Waals surface area contributed by atoms with Crippen molar-refractivity contribution in [3.05, 3.63) is 111 Å². The maximum absolute atomic E-state index is 13.4. The van der Waals surface area contributed by atoms with Gasteiger partial charge in [-0.05, 0) is 94.8 Å². The highest BCUT2D eigenvalue weighted by Crippen LogP contribution is 2.57. The summed E-state index contributed by atoms with van der Waals surface area (Å²) in [5.41, 5.74) is 5.37. The molecule has 0 unspecified atom stereocenters. The Balaban J connectivity index is 1.75. The number of carbonyl (C=O) groups excluding carboxylic acids is 2. The van der Waals surface area contributed by atoms with E-state index in [2.05, 4.69) is 54.0 Å². The number of unbranched alkanes of at least 4 members (excludes halogenated alkanes) is 6. The molecule has 0 fully saturated rings. The number of methoxy groups -OCH3 is 2. The number of hydrogen-bond acceptors (Lipinski definition) is 7. The van der Waals surface area contributed by atoms with Gasteiger partial charge in [-0.15, -0.1) is 12.6 Å². The highest BCUT2D eigenvalue weighted by Gasteiger charge is 2.47. The van der Waals surface area contributed by atoms with E-state index >= 15 is 0 Å². The lowest BCUT2D eigenvalue weighted by atomic mass is 9.67. The summed E-state index contributed by atoms with van der Waals surface area (Å²) >= 11 is 8.51. The lowest BCUT2D eigenvalue weighted by Gasteiger charge is -2.35. The summed E-state index contributed by atoms with van der Waals surface area (Å²) in [5, 5.41) is 0. The van der Waals surface area contributed by atoms with E-state index in [-0.39, 0.29) is 0 Å². The smallest absolute Gasteiger partial charge is 0.341 e. The quantitative estimate of drug-likeness (QED) is 0.0616. The summed E-state index contributed by atoms with van der Waals surface area (Å²) in [6.45, 7) is 5.34. The molecule has 258 valence electrons. The molecule has 0 heterocycles. The van der Waals surface area contributed by atoms with E-state index in [0.29, 0.717) is 35.8 Å². The van der Waals surface area contributed by atoms with E-state index in [1.54, 1.807) is 0 Å². The zero-order chi connectivity index (χ0) is 35.0. The second kappa shape index (κ2) is 16.8. The average Bonchev–Trinajstić information content (AvgIpc) is 3.39. The minimum absolute atomic E-state index is 0.335. The van der Waals surface area contributed by atoms with Crippen LogP contribution >= 0.6 is 28.6 Å².